The SMILES string of the molecule is CC/C=C\C/C=C\C/C=C\C/C=C\C/C=C\CCCC(=O)OCC(C)(C)[C@@H](O)C(=O)NCCC(=O)OC1CCN(C(=O)CNC23CC4CC(CC(O)(C4)C2)C3)C1C#N. The van der Waals surface area contributed by atoms with Crippen molar-refractivity contribution < 1.29 is 38.9 Å². The molecule has 4 saturated carbocycles. The van der Waals surface area contributed by atoms with Crippen molar-refractivity contribution in [2.45, 2.75) is 153 Å². The predicted molar refractivity (Wildman–Crippen MR) is 223 cm³/mol. The summed E-state index contributed by atoms with van der Waals surface area (Å²) in [5.74, 6) is -1.03. The number of ether oxygens (including phenoxy) is 2. The van der Waals surface area contributed by atoms with Gasteiger partial charge in [-0.1, -0.05) is 81.5 Å². The molecule has 4 aliphatic carbocycles. The van der Waals surface area contributed by atoms with Crippen LogP contribution in [0.15, 0.2) is 60.8 Å². The van der Waals surface area contributed by atoms with Gasteiger partial charge in [0, 0.05) is 36.9 Å². The van der Waals surface area contributed by atoms with Gasteiger partial charge in [-0.25, -0.2) is 0 Å². The third kappa shape index (κ3) is 14.6. The standard InChI is InChI=1S/C46H68N4O8/c1-4-5-6-7-8-9-10-11-12-13-14-15-16-17-18-19-20-21-40(52)57-34-44(2,3)42(54)43(55)48-24-22-41(53)58-38-23-25-50(37(38)31-47)39(51)32-49-45-27-35-26-36(28-45)30-46(56,29-35)33-45/h5-6,8-9,11-12,14-15,17-18,35-38,42,49,54,56H,4,7,10,13,16,19-30,32-34H2,1-3H3,(H,48,55)/b6-5-,9-8-,12-11-,15-14-,18-17-/t35?,36?,37?,38?,42-,45?,46?/m0/s1. The first-order valence-electron chi connectivity index (χ1n) is 21.5. The fourth-order valence-corrected chi connectivity index (χ4v) is 9.22. The summed E-state index contributed by atoms with van der Waals surface area (Å²) in [6.45, 7) is 5.45. The van der Waals surface area contributed by atoms with Crippen molar-refractivity contribution in [3.63, 3.8) is 0 Å². The summed E-state index contributed by atoms with van der Waals surface area (Å²) in [6, 6.07) is 1.20. The molecule has 1 heterocycles. The van der Waals surface area contributed by atoms with E-state index in [4.69, 9.17) is 9.47 Å². The molecule has 12 heteroatoms. The van der Waals surface area contributed by atoms with E-state index in [1.165, 1.54) is 4.90 Å². The van der Waals surface area contributed by atoms with Gasteiger partial charge in [0.1, 0.15) is 12.2 Å². The maximum absolute atomic E-state index is 13.3. The fourth-order valence-electron chi connectivity index (χ4n) is 9.22. The molecule has 5 fully saturated rings. The van der Waals surface area contributed by atoms with E-state index < -0.39 is 47.1 Å². The minimum atomic E-state index is -1.50. The molecule has 2 amide bonds. The molecule has 0 aromatic rings. The first-order chi connectivity index (χ1) is 27.8. The molecule has 4 N–H and O–H groups in total. The largest absolute Gasteiger partial charge is 0.465 e. The van der Waals surface area contributed by atoms with Crippen LogP contribution in [-0.2, 0) is 28.7 Å². The second-order valence-corrected chi connectivity index (χ2v) is 17.5. The fraction of sp³-hybridized carbons (Fsp3) is 0.674. The molecular weight excluding hydrogens is 737 g/mol. The summed E-state index contributed by atoms with van der Waals surface area (Å²) in [5, 5.41) is 37.6. The molecule has 320 valence electrons. The third-order valence-corrected chi connectivity index (χ3v) is 11.9. The van der Waals surface area contributed by atoms with Gasteiger partial charge in [0.2, 0.25) is 11.8 Å². The zero-order chi connectivity index (χ0) is 42.0. The Morgan fingerprint density at radius 1 is 0.897 bits per heavy atom. The van der Waals surface area contributed by atoms with E-state index in [-0.39, 0.29) is 50.5 Å². The zero-order valence-corrected chi connectivity index (χ0v) is 35.0. The van der Waals surface area contributed by atoms with Crippen LogP contribution >= 0.6 is 0 Å². The molecule has 0 aromatic carbocycles. The van der Waals surface area contributed by atoms with Gasteiger partial charge in [0.15, 0.2) is 6.04 Å². The normalized spacial score (nSPS) is 27.3. The Morgan fingerprint density at radius 2 is 1.50 bits per heavy atom. The Kier molecular flexibility index (Phi) is 18.4. The van der Waals surface area contributed by atoms with Crippen molar-refractivity contribution in [2.75, 3.05) is 26.2 Å². The Balaban J connectivity index is 1.04. The maximum atomic E-state index is 13.3. The average Bonchev–Trinajstić information content (AvgIpc) is 3.58. The van der Waals surface area contributed by atoms with Crippen molar-refractivity contribution in [1.82, 2.24) is 15.5 Å². The van der Waals surface area contributed by atoms with Gasteiger partial charge < -0.3 is 35.2 Å². The van der Waals surface area contributed by atoms with Crippen LogP contribution in [0.25, 0.3) is 0 Å². The van der Waals surface area contributed by atoms with E-state index >= 15 is 0 Å². The number of allylic oxidation sites excluding steroid dienone is 10. The van der Waals surface area contributed by atoms with Gasteiger partial charge in [-0.3, -0.25) is 19.2 Å². The van der Waals surface area contributed by atoms with E-state index in [0.717, 1.165) is 70.6 Å². The minimum Gasteiger partial charge on any atom is -0.465 e. The van der Waals surface area contributed by atoms with Crippen LogP contribution in [0.1, 0.15) is 124 Å². The molecule has 5 rings (SSSR count). The second-order valence-electron chi connectivity index (χ2n) is 17.5. The van der Waals surface area contributed by atoms with Crippen LogP contribution in [0.5, 0.6) is 0 Å². The summed E-state index contributed by atoms with van der Waals surface area (Å²) >= 11 is 0. The number of aliphatic hydroxyl groups excluding tert-OH is 1. The first kappa shape index (κ1) is 46.6. The number of carbonyl (C=O) groups excluding carboxylic acids is 4. The highest BCUT2D eigenvalue weighted by Gasteiger charge is 2.57. The highest BCUT2D eigenvalue weighted by Crippen LogP contribution is 2.57. The predicted octanol–water partition coefficient (Wildman–Crippen LogP) is 6.05. The molecule has 0 radical (unpaired) electrons. The summed E-state index contributed by atoms with van der Waals surface area (Å²) in [7, 11) is 0. The number of aliphatic hydroxyl groups is 2. The van der Waals surface area contributed by atoms with Crippen molar-refractivity contribution in [3.05, 3.63) is 60.8 Å². The van der Waals surface area contributed by atoms with Crippen LogP contribution in [0.3, 0.4) is 0 Å². The van der Waals surface area contributed by atoms with Gasteiger partial charge >= 0.3 is 11.9 Å². The molecule has 1 aliphatic heterocycles. The first-order valence-corrected chi connectivity index (χ1v) is 21.5. The van der Waals surface area contributed by atoms with Crippen LogP contribution in [-0.4, -0.2) is 94.5 Å². The molecule has 5 atom stereocenters. The third-order valence-electron chi connectivity index (χ3n) is 11.9. The van der Waals surface area contributed by atoms with Crippen LogP contribution < -0.4 is 10.6 Å². The molecule has 58 heavy (non-hydrogen) atoms. The number of likely N-dealkylation sites (tertiary alicyclic amines) is 1. The van der Waals surface area contributed by atoms with E-state index in [1.54, 1.807) is 13.8 Å². The topological polar surface area (TPSA) is 178 Å². The second kappa shape index (κ2) is 22.9. The van der Waals surface area contributed by atoms with Gasteiger partial charge in [0.25, 0.3) is 0 Å². The summed E-state index contributed by atoms with van der Waals surface area (Å²) < 4.78 is 10.9. The number of rotatable bonds is 24. The number of hydrogen-bond donors (Lipinski definition) is 4. The highest BCUT2D eigenvalue weighted by atomic mass is 16.5. The molecule has 0 spiro atoms. The molecule has 4 unspecified atom stereocenters. The lowest BCUT2D eigenvalue weighted by Crippen LogP contribution is -2.65. The Morgan fingerprint density at radius 3 is 2.09 bits per heavy atom. The number of nitriles is 1. The van der Waals surface area contributed by atoms with Gasteiger partial charge in [-0.05, 0) is 95.3 Å². The highest BCUT2D eigenvalue weighted by molar-refractivity contribution is 5.82. The van der Waals surface area contributed by atoms with Crippen LogP contribution in [0, 0.1) is 28.6 Å². The Labute approximate surface area is 345 Å². The van der Waals surface area contributed by atoms with E-state index in [2.05, 4.69) is 78.3 Å². The van der Waals surface area contributed by atoms with Crippen molar-refractivity contribution in [2.24, 2.45) is 17.3 Å². The van der Waals surface area contributed by atoms with Crippen molar-refractivity contribution in [1.29, 1.82) is 5.26 Å². The van der Waals surface area contributed by atoms with E-state index in [1.807, 2.05) is 6.08 Å². The monoisotopic (exact) mass is 805 g/mol. The van der Waals surface area contributed by atoms with Gasteiger partial charge in [0.05, 0.1) is 31.2 Å². The Hall–Kier alpha value is -4.05. The van der Waals surface area contributed by atoms with Crippen molar-refractivity contribution in [3.8, 4) is 6.07 Å². The lowest BCUT2D eigenvalue weighted by Gasteiger charge is -2.60. The lowest BCUT2D eigenvalue weighted by molar-refractivity contribution is -0.154. The molecule has 4 bridgehead atoms. The van der Waals surface area contributed by atoms with E-state index in [9.17, 15) is 34.7 Å². The number of carbonyl (C=O) groups is 4. The number of nitrogens with zero attached hydrogens (tertiary/aromatic N) is 2. The van der Waals surface area contributed by atoms with Crippen LogP contribution in [0.4, 0.5) is 0 Å². The average molecular weight is 805 g/mol. The quantitative estimate of drug-likeness (QED) is 0.0510. The lowest BCUT2D eigenvalue weighted by atomic mass is 9.51. The molecule has 0 aromatic heterocycles. The van der Waals surface area contributed by atoms with Crippen LogP contribution in [0.2, 0.25) is 0 Å². The van der Waals surface area contributed by atoms with Gasteiger partial charge in [-0.15, -0.1) is 0 Å². The number of nitrogens with one attached hydrogen (secondary N) is 2. The smallest absolute Gasteiger partial charge is 0.307 e. The molecule has 1 saturated heterocycles. The number of esters is 2. The van der Waals surface area contributed by atoms with E-state index in [0.29, 0.717) is 31.1 Å². The summed E-state index contributed by atoms with van der Waals surface area (Å²) in [6.07, 6.45) is 30.9. The molecular formula is C46H68N4O8. The number of unbranched alkanes of at least 4 members (excludes halogenated alkanes) is 1. The molecule has 5 aliphatic rings. The summed E-state index contributed by atoms with van der Waals surface area (Å²) in [4.78, 5) is 52.5. The summed E-state index contributed by atoms with van der Waals surface area (Å²) in [5.41, 5.74) is -1.98. The maximum Gasteiger partial charge on any atom is 0.307 e. The Bertz CT molecular complexity index is 1560. The number of hydrogen-bond acceptors (Lipinski definition) is 10. The zero-order valence-electron chi connectivity index (χ0n) is 35.0. The van der Waals surface area contributed by atoms with Gasteiger partial charge in [-0.2, -0.15) is 5.26 Å². The molecule has 12 nitrogen and oxygen atoms in total. The minimum absolute atomic E-state index is 0.0596. The number of amides is 2. The van der Waals surface area contributed by atoms with Crippen molar-refractivity contribution >= 4 is 23.8 Å².